The van der Waals surface area contributed by atoms with Crippen molar-refractivity contribution in [2.45, 2.75) is 13.3 Å². The largest absolute Gasteiger partial charge is 0.343 e. The summed E-state index contributed by atoms with van der Waals surface area (Å²) in [6.45, 7) is 1.92. The molecule has 1 N–H and O–H groups in total. The van der Waals surface area contributed by atoms with E-state index in [0.29, 0.717) is 17.5 Å². The molecule has 2 heterocycles. The van der Waals surface area contributed by atoms with Gasteiger partial charge in [0, 0.05) is 23.9 Å². The van der Waals surface area contributed by atoms with Crippen LogP contribution in [-0.2, 0) is 6.42 Å². The Morgan fingerprint density at radius 2 is 1.89 bits per heavy atom. The smallest absolute Gasteiger partial charge is 0.191 e. The number of nitrogens with one attached hydrogen (secondary N) is 1. The Hall–Kier alpha value is -2.42. The first-order valence-corrected chi connectivity index (χ1v) is 6.26. The van der Waals surface area contributed by atoms with Gasteiger partial charge in [0.15, 0.2) is 5.43 Å². The molecule has 19 heavy (non-hydrogen) atoms. The Bertz CT molecular complexity index is 776. The maximum absolute atomic E-state index is 12.0. The maximum atomic E-state index is 12.0. The summed E-state index contributed by atoms with van der Waals surface area (Å²) in [5.74, 6) is 0. The minimum absolute atomic E-state index is 0.0205. The van der Waals surface area contributed by atoms with E-state index in [2.05, 4.69) is 9.97 Å². The van der Waals surface area contributed by atoms with Gasteiger partial charge in [-0.05, 0) is 24.6 Å². The standard InChI is InChI=1S/C16H14N2O/c1-11-7-8-14-15(19)10-13(18-16(14)17-11)9-12-5-3-2-4-6-12/h2-8,10H,9H2,1H3,(H,17,18,19). The van der Waals surface area contributed by atoms with Crippen molar-refractivity contribution in [2.24, 2.45) is 0 Å². The number of aryl methyl sites for hydroxylation is 1. The Labute approximate surface area is 111 Å². The van der Waals surface area contributed by atoms with Gasteiger partial charge in [-0.1, -0.05) is 30.3 Å². The molecule has 0 aliphatic heterocycles. The van der Waals surface area contributed by atoms with E-state index in [1.54, 1.807) is 6.07 Å². The van der Waals surface area contributed by atoms with E-state index in [1.165, 1.54) is 5.56 Å². The number of aromatic nitrogens is 2. The number of nitrogens with zero attached hydrogens (tertiary/aromatic N) is 1. The van der Waals surface area contributed by atoms with Crippen molar-refractivity contribution in [1.29, 1.82) is 0 Å². The molecule has 3 rings (SSSR count). The van der Waals surface area contributed by atoms with Gasteiger partial charge in [0.05, 0.1) is 5.39 Å². The van der Waals surface area contributed by atoms with Crippen LogP contribution in [0, 0.1) is 6.92 Å². The predicted octanol–water partition coefficient (Wildman–Crippen LogP) is 2.82. The van der Waals surface area contributed by atoms with E-state index >= 15 is 0 Å². The maximum Gasteiger partial charge on any atom is 0.191 e. The summed E-state index contributed by atoms with van der Waals surface area (Å²) in [4.78, 5) is 19.7. The van der Waals surface area contributed by atoms with Gasteiger partial charge >= 0.3 is 0 Å². The highest BCUT2D eigenvalue weighted by molar-refractivity contribution is 5.74. The van der Waals surface area contributed by atoms with Crippen molar-refractivity contribution < 1.29 is 0 Å². The SMILES string of the molecule is Cc1ccc2c(=O)cc(Cc3ccccc3)[nH]c2n1. The molecule has 0 saturated heterocycles. The van der Waals surface area contributed by atoms with Crippen LogP contribution in [-0.4, -0.2) is 9.97 Å². The number of fused-ring (bicyclic) bond motifs is 1. The number of aromatic amines is 1. The molecular weight excluding hydrogens is 236 g/mol. The molecule has 0 amide bonds. The lowest BCUT2D eigenvalue weighted by Crippen LogP contribution is -2.07. The third-order valence-corrected chi connectivity index (χ3v) is 3.12. The number of hydrogen-bond acceptors (Lipinski definition) is 2. The summed E-state index contributed by atoms with van der Waals surface area (Å²) in [6.07, 6.45) is 0.710. The molecule has 0 aliphatic rings. The second kappa shape index (κ2) is 4.69. The Morgan fingerprint density at radius 1 is 1.11 bits per heavy atom. The zero-order valence-corrected chi connectivity index (χ0v) is 10.7. The van der Waals surface area contributed by atoms with Gasteiger partial charge in [0.1, 0.15) is 5.65 Å². The lowest BCUT2D eigenvalue weighted by molar-refractivity contribution is 1.07. The van der Waals surface area contributed by atoms with Gasteiger partial charge < -0.3 is 4.98 Å². The quantitative estimate of drug-likeness (QED) is 0.760. The second-order valence-electron chi connectivity index (χ2n) is 4.67. The number of hydrogen-bond donors (Lipinski definition) is 1. The second-order valence-corrected chi connectivity index (χ2v) is 4.67. The Balaban J connectivity index is 2.08. The van der Waals surface area contributed by atoms with Crippen molar-refractivity contribution in [3.05, 3.63) is 75.7 Å². The first-order chi connectivity index (χ1) is 9.22. The topological polar surface area (TPSA) is 45.8 Å². The van der Waals surface area contributed by atoms with Crippen LogP contribution in [0.5, 0.6) is 0 Å². The number of rotatable bonds is 2. The highest BCUT2D eigenvalue weighted by atomic mass is 16.1. The van der Waals surface area contributed by atoms with Crippen LogP contribution in [0.4, 0.5) is 0 Å². The van der Waals surface area contributed by atoms with E-state index in [4.69, 9.17) is 0 Å². The van der Waals surface area contributed by atoms with Crippen LogP contribution in [0.15, 0.2) is 53.3 Å². The van der Waals surface area contributed by atoms with Crippen LogP contribution >= 0.6 is 0 Å². The highest BCUT2D eigenvalue weighted by Crippen LogP contribution is 2.10. The normalized spacial score (nSPS) is 10.8. The monoisotopic (exact) mass is 250 g/mol. The fourth-order valence-electron chi connectivity index (χ4n) is 2.19. The Kier molecular flexibility index (Phi) is 2.88. The molecule has 0 fully saturated rings. The molecular formula is C16H14N2O. The molecule has 3 nitrogen and oxygen atoms in total. The first kappa shape index (κ1) is 11.7. The Morgan fingerprint density at radius 3 is 2.68 bits per heavy atom. The van der Waals surface area contributed by atoms with Gasteiger partial charge in [0.2, 0.25) is 0 Å². The number of benzene rings is 1. The molecule has 94 valence electrons. The average molecular weight is 250 g/mol. The summed E-state index contributed by atoms with van der Waals surface area (Å²) in [5.41, 5.74) is 3.65. The van der Waals surface area contributed by atoms with E-state index in [9.17, 15) is 4.79 Å². The molecule has 0 bridgehead atoms. The van der Waals surface area contributed by atoms with E-state index in [1.807, 2.05) is 49.4 Å². The number of pyridine rings is 2. The van der Waals surface area contributed by atoms with Crippen molar-refractivity contribution in [2.75, 3.05) is 0 Å². The molecule has 0 unspecified atom stereocenters. The molecule has 0 spiro atoms. The fraction of sp³-hybridized carbons (Fsp3) is 0.125. The van der Waals surface area contributed by atoms with Gasteiger partial charge in [-0.3, -0.25) is 4.79 Å². The number of H-pyrrole nitrogens is 1. The van der Waals surface area contributed by atoms with Crippen molar-refractivity contribution >= 4 is 11.0 Å². The highest BCUT2D eigenvalue weighted by Gasteiger charge is 2.04. The lowest BCUT2D eigenvalue weighted by Gasteiger charge is -2.04. The van der Waals surface area contributed by atoms with E-state index < -0.39 is 0 Å². The van der Waals surface area contributed by atoms with Crippen LogP contribution in [0.1, 0.15) is 17.0 Å². The summed E-state index contributed by atoms with van der Waals surface area (Å²) >= 11 is 0. The third kappa shape index (κ3) is 2.40. The molecule has 2 aromatic heterocycles. The molecule has 0 saturated carbocycles. The summed E-state index contributed by atoms with van der Waals surface area (Å²) in [6, 6.07) is 15.4. The first-order valence-electron chi connectivity index (χ1n) is 6.26. The van der Waals surface area contributed by atoms with Crippen LogP contribution in [0.2, 0.25) is 0 Å². The zero-order chi connectivity index (χ0) is 13.2. The molecule has 0 radical (unpaired) electrons. The van der Waals surface area contributed by atoms with Gasteiger partial charge in [-0.2, -0.15) is 0 Å². The lowest BCUT2D eigenvalue weighted by atomic mass is 10.1. The van der Waals surface area contributed by atoms with E-state index in [-0.39, 0.29) is 5.43 Å². The molecule has 3 heteroatoms. The predicted molar refractivity (Wildman–Crippen MR) is 76.3 cm³/mol. The molecule has 3 aromatic rings. The van der Waals surface area contributed by atoms with Crippen molar-refractivity contribution in [3.63, 3.8) is 0 Å². The van der Waals surface area contributed by atoms with Gasteiger partial charge in [-0.15, -0.1) is 0 Å². The summed E-state index contributed by atoms with van der Waals surface area (Å²) in [7, 11) is 0. The average Bonchev–Trinajstić information content (AvgIpc) is 2.39. The van der Waals surface area contributed by atoms with Crippen molar-refractivity contribution in [1.82, 2.24) is 9.97 Å². The zero-order valence-electron chi connectivity index (χ0n) is 10.7. The summed E-state index contributed by atoms with van der Waals surface area (Å²) < 4.78 is 0. The van der Waals surface area contributed by atoms with Gasteiger partial charge in [0.25, 0.3) is 0 Å². The fourth-order valence-corrected chi connectivity index (χ4v) is 2.19. The molecule has 0 aliphatic carbocycles. The van der Waals surface area contributed by atoms with Crippen LogP contribution in [0.25, 0.3) is 11.0 Å². The summed E-state index contributed by atoms with van der Waals surface area (Å²) in [5, 5.41) is 0.641. The minimum Gasteiger partial charge on any atom is -0.343 e. The van der Waals surface area contributed by atoms with Crippen LogP contribution < -0.4 is 5.43 Å². The van der Waals surface area contributed by atoms with Crippen LogP contribution in [0.3, 0.4) is 0 Å². The minimum atomic E-state index is 0.0205. The third-order valence-electron chi connectivity index (χ3n) is 3.12. The molecule has 0 atom stereocenters. The molecule has 1 aromatic carbocycles. The van der Waals surface area contributed by atoms with Gasteiger partial charge in [-0.25, -0.2) is 4.98 Å². The van der Waals surface area contributed by atoms with E-state index in [0.717, 1.165) is 11.4 Å². The van der Waals surface area contributed by atoms with Crippen molar-refractivity contribution in [3.8, 4) is 0 Å².